The summed E-state index contributed by atoms with van der Waals surface area (Å²) in [5.41, 5.74) is 2.17. The highest BCUT2D eigenvalue weighted by atomic mass is 32.1. The predicted octanol–water partition coefficient (Wildman–Crippen LogP) is 4.66. The standard InChI is InChI=1S/C33H39N7O4S/c1-33(2,22-7-5-4-6-8-22)36-31(43)27-20-25-28(37-38-32(25)45-27)35-30(42)24-10-9-23(40-15-13-39(3)14-16-40)19-26(24)34-29(41)21-11-17-44-18-12-21/h4-10,19-21H,11-18H2,1-3H3,(H,34,41)(H,36,43)(H2,35,37,38,42). The first-order valence-corrected chi connectivity index (χ1v) is 16.1. The second-order valence-corrected chi connectivity index (χ2v) is 13.3. The van der Waals surface area contributed by atoms with E-state index >= 15 is 0 Å². The number of anilines is 3. The molecule has 0 spiro atoms. The fraction of sp³-hybridized carbons (Fsp3) is 0.394. The minimum Gasteiger partial charge on any atom is -0.381 e. The second-order valence-electron chi connectivity index (χ2n) is 12.2. The van der Waals surface area contributed by atoms with Crippen LogP contribution in [0, 0.1) is 5.92 Å². The molecular weight excluding hydrogens is 590 g/mol. The summed E-state index contributed by atoms with van der Waals surface area (Å²) in [6.45, 7) is 8.60. The minimum atomic E-state index is -0.576. The van der Waals surface area contributed by atoms with Gasteiger partial charge in [-0.1, -0.05) is 30.3 Å². The Balaban J connectivity index is 1.22. The third-order valence-corrected chi connectivity index (χ3v) is 9.64. The molecule has 4 aromatic rings. The predicted molar refractivity (Wildman–Crippen MR) is 177 cm³/mol. The molecule has 2 aliphatic rings. The molecule has 4 heterocycles. The summed E-state index contributed by atoms with van der Waals surface area (Å²) in [4.78, 5) is 45.9. The van der Waals surface area contributed by atoms with E-state index < -0.39 is 11.4 Å². The van der Waals surface area contributed by atoms with Crippen LogP contribution in [-0.4, -0.2) is 79.3 Å². The highest BCUT2D eigenvalue weighted by Gasteiger charge is 2.27. The van der Waals surface area contributed by atoms with Crippen molar-refractivity contribution in [3.63, 3.8) is 0 Å². The molecule has 11 nitrogen and oxygen atoms in total. The number of carbonyl (C=O) groups excluding carboxylic acids is 3. The zero-order chi connectivity index (χ0) is 31.6. The number of amides is 3. The van der Waals surface area contributed by atoms with E-state index in [0.717, 1.165) is 37.4 Å². The Morgan fingerprint density at radius 2 is 1.69 bits per heavy atom. The van der Waals surface area contributed by atoms with Crippen molar-refractivity contribution in [1.29, 1.82) is 0 Å². The average molecular weight is 630 g/mol. The van der Waals surface area contributed by atoms with Crippen LogP contribution in [0.4, 0.5) is 17.2 Å². The van der Waals surface area contributed by atoms with Crippen molar-refractivity contribution in [1.82, 2.24) is 20.4 Å². The summed E-state index contributed by atoms with van der Waals surface area (Å²) in [6, 6.07) is 17.1. The summed E-state index contributed by atoms with van der Waals surface area (Å²) in [5, 5.41) is 17.0. The Kier molecular flexibility index (Phi) is 8.88. The van der Waals surface area contributed by atoms with Crippen LogP contribution in [-0.2, 0) is 15.1 Å². The summed E-state index contributed by atoms with van der Waals surface area (Å²) in [7, 11) is 2.10. The van der Waals surface area contributed by atoms with E-state index in [1.807, 2.05) is 56.3 Å². The molecule has 6 rings (SSSR count). The van der Waals surface area contributed by atoms with Crippen molar-refractivity contribution in [3.05, 3.63) is 70.6 Å². The van der Waals surface area contributed by atoms with Crippen LogP contribution in [0.15, 0.2) is 54.6 Å². The van der Waals surface area contributed by atoms with Gasteiger partial charge >= 0.3 is 0 Å². The van der Waals surface area contributed by atoms with Gasteiger partial charge in [0.05, 0.1) is 27.1 Å². The molecule has 0 bridgehead atoms. The first kappa shape index (κ1) is 30.8. The monoisotopic (exact) mass is 629 g/mol. The Labute approximate surface area is 266 Å². The maximum atomic E-state index is 13.7. The van der Waals surface area contributed by atoms with E-state index in [9.17, 15) is 14.4 Å². The van der Waals surface area contributed by atoms with Gasteiger partial charge in [-0.2, -0.15) is 5.10 Å². The molecule has 0 saturated carbocycles. The van der Waals surface area contributed by atoms with Gasteiger partial charge < -0.3 is 30.5 Å². The highest BCUT2D eigenvalue weighted by molar-refractivity contribution is 7.20. The van der Waals surface area contributed by atoms with Gasteiger partial charge in [-0.15, -0.1) is 11.3 Å². The second kappa shape index (κ2) is 13.0. The number of hydrogen-bond acceptors (Lipinski definition) is 8. The van der Waals surface area contributed by atoms with E-state index in [1.165, 1.54) is 11.3 Å². The lowest BCUT2D eigenvalue weighted by molar-refractivity contribution is -0.122. The van der Waals surface area contributed by atoms with Crippen LogP contribution >= 0.6 is 11.3 Å². The van der Waals surface area contributed by atoms with Gasteiger partial charge in [-0.25, -0.2) is 0 Å². The van der Waals surface area contributed by atoms with E-state index in [2.05, 4.69) is 43.0 Å². The molecule has 4 N–H and O–H groups in total. The largest absolute Gasteiger partial charge is 0.381 e. The normalized spacial score (nSPS) is 16.5. The number of aromatic amines is 1. The lowest BCUT2D eigenvalue weighted by Crippen LogP contribution is -2.44. The van der Waals surface area contributed by atoms with Crippen molar-refractivity contribution in [2.75, 3.05) is 62.0 Å². The summed E-state index contributed by atoms with van der Waals surface area (Å²) in [5.74, 6) is -0.587. The van der Waals surface area contributed by atoms with Crippen LogP contribution in [0.25, 0.3) is 10.2 Å². The summed E-state index contributed by atoms with van der Waals surface area (Å²) in [6.07, 6.45) is 1.29. The number of nitrogens with one attached hydrogen (secondary N) is 4. The quantitative estimate of drug-likeness (QED) is 0.223. The number of likely N-dealkylation sites (N-methyl/N-ethyl adjacent to an activating group) is 1. The number of hydrogen-bond donors (Lipinski definition) is 4. The van der Waals surface area contributed by atoms with E-state index in [0.29, 0.717) is 58.2 Å². The maximum Gasteiger partial charge on any atom is 0.262 e. The van der Waals surface area contributed by atoms with Gasteiger partial charge in [0.1, 0.15) is 4.83 Å². The molecule has 2 fully saturated rings. The third kappa shape index (κ3) is 6.87. The highest BCUT2D eigenvalue weighted by Crippen LogP contribution is 2.32. The number of H-pyrrole nitrogens is 1. The topological polar surface area (TPSA) is 132 Å². The van der Waals surface area contributed by atoms with Crippen molar-refractivity contribution >= 4 is 56.5 Å². The van der Waals surface area contributed by atoms with Crippen LogP contribution in [0.1, 0.15) is 52.3 Å². The molecule has 0 unspecified atom stereocenters. The van der Waals surface area contributed by atoms with Crippen LogP contribution in [0.2, 0.25) is 0 Å². The summed E-state index contributed by atoms with van der Waals surface area (Å²) < 4.78 is 5.43. The number of thiophene rings is 1. The lowest BCUT2D eigenvalue weighted by atomic mass is 9.94. The van der Waals surface area contributed by atoms with Crippen LogP contribution < -0.4 is 20.9 Å². The van der Waals surface area contributed by atoms with Crippen LogP contribution in [0.5, 0.6) is 0 Å². The zero-order valence-electron chi connectivity index (χ0n) is 25.8. The Hall–Kier alpha value is -4.26. The third-order valence-electron chi connectivity index (χ3n) is 8.60. The number of ether oxygens (including phenoxy) is 1. The molecule has 45 heavy (non-hydrogen) atoms. The Bertz CT molecular complexity index is 1690. The lowest BCUT2D eigenvalue weighted by Gasteiger charge is -2.34. The molecular formula is C33H39N7O4S. The van der Waals surface area contributed by atoms with Crippen molar-refractivity contribution in [2.45, 2.75) is 32.2 Å². The number of nitrogens with zero attached hydrogens (tertiary/aromatic N) is 3. The number of fused-ring (bicyclic) bond motifs is 1. The van der Waals surface area contributed by atoms with Gasteiger partial charge in [0, 0.05) is 51.0 Å². The Morgan fingerprint density at radius 1 is 0.956 bits per heavy atom. The van der Waals surface area contributed by atoms with Crippen LogP contribution in [0.3, 0.4) is 0 Å². The molecule has 0 radical (unpaired) electrons. The number of rotatable bonds is 8. The molecule has 2 aromatic carbocycles. The van der Waals surface area contributed by atoms with Gasteiger partial charge in [0.15, 0.2) is 5.82 Å². The zero-order valence-corrected chi connectivity index (χ0v) is 26.6. The molecule has 2 aliphatic heterocycles. The maximum absolute atomic E-state index is 13.7. The number of carbonyl (C=O) groups is 3. The molecule has 3 amide bonds. The van der Waals surface area contributed by atoms with Crippen molar-refractivity contribution in [3.8, 4) is 0 Å². The van der Waals surface area contributed by atoms with Gasteiger partial charge in [0.2, 0.25) is 5.91 Å². The fourth-order valence-electron chi connectivity index (χ4n) is 5.76. The fourth-order valence-corrected chi connectivity index (χ4v) is 6.66. The average Bonchev–Trinajstić information content (AvgIpc) is 3.64. The molecule has 12 heteroatoms. The number of aromatic nitrogens is 2. The van der Waals surface area contributed by atoms with Gasteiger partial charge in [0.25, 0.3) is 11.8 Å². The minimum absolute atomic E-state index is 0.114. The Morgan fingerprint density at radius 3 is 2.42 bits per heavy atom. The van der Waals surface area contributed by atoms with Gasteiger partial charge in [-0.3, -0.25) is 19.5 Å². The molecule has 2 aromatic heterocycles. The number of piperazine rings is 1. The molecule has 0 atom stereocenters. The first-order chi connectivity index (χ1) is 21.7. The van der Waals surface area contributed by atoms with E-state index in [-0.39, 0.29) is 17.7 Å². The smallest absolute Gasteiger partial charge is 0.262 e. The first-order valence-electron chi connectivity index (χ1n) is 15.3. The molecule has 0 aliphatic carbocycles. The summed E-state index contributed by atoms with van der Waals surface area (Å²) >= 11 is 1.27. The molecule has 236 valence electrons. The number of benzene rings is 2. The van der Waals surface area contributed by atoms with E-state index in [4.69, 9.17) is 4.74 Å². The van der Waals surface area contributed by atoms with Gasteiger partial charge in [-0.05, 0) is 63.6 Å². The molecule has 2 saturated heterocycles. The van der Waals surface area contributed by atoms with Crippen molar-refractivity contribution in [2.24, 2.45) is 5.92 Å². The van der Waals surface area contributed by atoms with Crippen molar-refractivity contribution < 1.29 is 19.1 Å². The van der Waals surface area contributed by atoms with E-state index in [1.54, 1.807) is 12.1 Å². The SMILES string of the molecule is CN1CCN(c2ccc(C(=O)Nc3n[nH]c4sc(C(=O)NC(C)(C)c5ccccc5)cc34)c(NC(=O)C3CCOCC3)c2)CC1.